The van der Waals surface area contributed by atoms with Gasteiger partial charge in [0.15, 0.2) is 0 Å². The average molecular weight is 343 g/mol. The monoisotopic (exact) mass is 342 g/mol. The lowest BCUT2D eigenvalue weighted by molar-refractivity contribution is 0.154. The van der Waals surface area contributed by atoms with Crippen LogP contribution < -0.4 is 0 Å². The van der Waals surface area contributed by atoms with E-state index in [0.717, 1.165) is 44.6 Å². The molecule has 0 radical (unpaired) electrons. The second-order valence-electron chi connectivity index (χ2n) is 6.10. The Morgan fingerprint density at radius 1 is 1.21 bits per heavy atom. The average Bonchev–Trinajstić information content (AvgIpc) is 2.92. The Kier molecular flexibility index (Phi) is 4.49. The fraction of sp³-hybridized carbons (Fsp3) is 0.211. The van der Waals surface area contributed by atoms with Gasteiger partial charge in [-0.05, 0) is 47.7 Å². The first-order valence-corrected chi connectivity index (χ1v) is 8.10. The molecule has 3 rings (SSSR count). The van der Waals surface area contributed by atoms with Crippen LogP contribution in [0.1, 0.15) is 22.3 Å². The molecule has 5 heteroatoms. The molecule has 2 N–H and O–H groups in total. The van der Waals surface area contributed by atoms with Crippen LogP contribution >= 0.6 is 11.6 Å². The van der Waals surface area contributed by atoms with E-state index in [2.05, 4.69) is 29.2 Å². The van der Waals surface area contributed by atoms with Crippen LogP contribution in [0.4, 0.5) is 4.79 Å². The van der Waals surface area contributed by atoms with Crippen LogP contribution in [0, 0.1) is 6.92 Å². The number of aromatic amines is 1. The van der Waals surface area contributed by atoms with Crippen LogP contribution in [0.3, 0.4) is 0 Å². The highest BCUT2D eigenvalue weighted by Gasteiger charge is 2.11. The van der Waals surface area contributed by atoms with Gasteiger partial charge < -0.3 is 15.0 Å². The molecule has 2 aromatic carbocycles. The van der Waals surface area contributed by atoms with Crippen molar-refractivity contribution in [3.05, 3.63) is 69.9 Å². The van der Waals surface area contributed by atoms with Crippen molar-refractivity contribution in [1.82, 2.24) is 9.88 Å². The molecular weight excluding hydrogens is 324 g/mol. The molecule has 0 aliphatic rings. The summed E-state index contributed by atoms with van der Waals surface area (Å²) in [6.07, 6.45) is 1.69. The SMILES string of the molecule is Cc1ccc(Cc2ccc3c(CN(C)C(=O)O)c[nH]c3c2)c(Cl)c1. The molecule has 0 saturated heterocycles. The van der Waals surface area contributed by atoms with E-state index < -0.39 is 6.09 Å². The van der Waals surface area contributed by atoms with Gasteiger partial charge in [-0.2, -0.15) is 0 Å². The van der Waals surface area contributed by atoms with E-state index in [4.69, 9.17) is 16.7 Å². The molecule has 1 heterocycles. The van der Waals surface area contributed by atoms with E-state index in [-0.39, 0.29) is 0 Å². The minimum absolute atomic E-state index is 0.360. The maximum absolute atomic E-state index is 11.0. The van der Waals surface area contributed by atoms with Crippen molar-refractivity contribution >= 4 is 28.6 Å². The zero-order valence-electron chi connectivity index (χ0n) is 13.6. The quantitative estimate of drug-likeness (QED) is 0.713. The highest BCUT2D eigenvalue weighted by molar-refractivity contribution is 6.31. The summed E-state index contributed by atoms with van der Waals surface area (Å²) in [5.41, 5.74) is 5.38. The Morgan fingerprint density at radius 3 is 2.71 bits per heavy atom. The number of halogens is 1. The summed E-state index contributed by atoms with van der Waals surface area (Å²) in [4.78, 5) is 15.5. The number of hydrogen-bond acceptors (Lipinski definition) is 1. The second-order valence-corrected chi connectivity index (χ2v) is 6.51. The number of carboxylic acid groups (broad SMARTS) is 1. The highest BCUT2D eigenvalue weighted by atomic mass is 35.5. The number of aryl methyl sites for hydroxylation is 1. The van der Waals surface area contributed by atoms with Crippen LogP contribution in [0.15, 0.2) is 42.6 Å². The number of benzene rings is 2. The van der Waals surface area contributed by atoms with Crippen LogP contribution in [-0.4, -0.2) is 28.1 Å². The van der Waals surface area contributed by atoms with Crippen molar-refractivity contribution in [3.8, 4) is 0 Å². The van der Waals surface area contributed by atoms with Crippen molar-refractivity contribution in [2.24, 2.45) is 0 Å². The van der Waals surface area contributed by atoms with Gasteiger partial charge in [-0.15, -0.1) is 0 Å². The van der Waals surface area contributed by atoms with Crippen molar-refractivity contribution in [2.75, 3.05) is 7.05 Å². The molecule has 3 aromatic rings. The molecule has 0 bridgehead atoms. The molecule has 24 heavy (non-hydrogen) atoms. The van der Waals surface area contributed by atoms with Crippen molar-refractivity contribution in [3.63, 3.8) is 0 Å². The van der Waals surface area contributed by atoms with Crippen molar-refractivity contribution < 1.29 is 9.90 Å². The first-order valence-electron chi connectivity index (χ1n) is 7.72. The summed E-state index contributed by atoms with van der Waals surface area (Å²) in [7, 11) is 1.56. The maximum atomic E-state index is 11.0. The smallest absolute Gasteiger partial charge is 0.407 e. The number of nitrogens with zero attached hydrogens (tertiary/aromatic N) is 1. The van der Waals surface area contributed by atoms with E-state index in [9.17, 15) is 4.79 Å². The van der Waals surface area contributed by atoms with Gasteiger partial charge >= 0.3 is 6.09 Å². The number of fused-ring (bicyclic) bond motifs is 1. The molecule has 4 nitrogen and oxygen atoms in total. The molecule has 0 saturated carbocycles. The van der Waals surface area contributed by atoms with Crippen LogP contribution in [0.5, 0.6) is 0 Å². The Bertz CT molecular complexity index is 902. The number of rotatable bonds is 4. The number of carbonyl (C=O) groups is 1. The van der Waals surface area contributed by atoms with E-state index >= 15 is 0 Å². The lowest BCUT2D eigenvalue weighted by Gasteiger charge is -2.12. The maximum Gasteiger partial charge on any atom is 0.407 e. The normalized spacial score (nSPS) is 11.0. The van der Waals surface area contributed by atoms with Gasteiger partial charge in [0.05, 0.1) is 6.54 Å². The van der Waals surface area contributed by atoms with Crippen molar-refractivity contribution in [1.29, 1.82) is 0 Å². The van der Waals surface area contributed by atoms with Crippen LogP contribution in [0.2, 0.25) is 5.02 Å². The lowest BCUT2D eigenvalue weighted by Crippen LogP contribution is -2.23. The number of nitrogens with one attached hydrogen (secondary N) is 1. The highest BCUT2D eigenvalue weighted by Crippen LogP contribution is 2.25. The fourth-order valence-electron chi connectivity index (χ4n) is 2.81. The van der Waals surface area contributed by atoms with Gasteiger partial charge in [0.25, 0.3) is 0 Å². The predicted molar refractivity (Wildman–Crippen MR) is 96.8 cm³/mol. The first-order chi connectivity index (χ1) is 11.4. The summed E-state index contributed by atoms with van der Waals surface area (Å²) in [6.45, 7) is 2.38. The summed E-state index contributed by atoms with van der Waals surface area (Å²) < 4.78 is 0. The zero-order chi connectivity index (χ0) is 17.3. The molecular formula is C19H19ClN2O2. The number of H-pyrrole nitrogens is 1. The molecule has 0 spiro atoms. The Morgan fingerprint density at radius 2 is 2.00 bits per heavy atom. The molecule has 1 aromatic heterocycles. The zero-order valence-corrected chi connectivity index (χ0v) is 14.4. The van der Waals surface area contributed by atoms with Gasteiger partial charge in [-0.1, -0.05) is 35.9 Å². The first kappa shape index (κ1) is 16.4. The Labute approximate surface area is 145 Å². The summed E-state index contributed by atoms with van der Waals surface area (Å²) >= 11 is 6.32. The minimum Gasteiger partial charge on any atom is -0.465 e. The van der Waals surface area contributed by atoms with Crippen molar-refractivity contribution in [2.45, 2.75) is 19.9 Å². The number of aromatic nitrogens is 1. The third-order valence-corrected chi connectivity index (χ3v) is 4.52. The summed E-state index contributed by atoms with van der Waals surface area (Å²) in [5.74, 6) is 0. The Balaban J connectivity index is 1.86. The van der Waals surface area contributed by atoms with Crippen LogP contribution in [0.25, 0.3) is 10.9 Å². The lowest BCUT2D eigenvalue weighted by atomic mass is 10.0. The molecule has 0 unspecified atom stereocenters. The minimum atomic E-state index is -0.935. The third kappa shape index (κ3) is 3.39. The van der Waals surface area contributed by atoms with E-state index in [1.807, 2.05) is 25.3 Å². The summed E-state index contributed by atoms with van der Waals surface area (Å²) in [6, 6.07) is 12.3. The van der Waals surface area contributed by atoms with E-state index in [1.165, 1.54) is 4.90 Å². The largest absolute Gasteiger partial charge is 0.465 e. The van der Waals surface area contributed by atoms with Gasteiger partial charge in [0.2, 0.25) is 0 Å². The second kappa shape index (κ2) is 6.57. The molecule has 124 valence electrons. The van der Waals surface area contributed by atoms with E-state index in [0.29, 0.717) is 6.54 Å². The van der Waals surface area contributed by atoms with Gasteiger partial charge in [0.1, 0.15) is 0 Å². The summed E-state index contributed by atoms with van der Waals surface area (Å²) in [5, 5.41) is 10.8. The topological polar surface area (TPSA) is 56.3 Å². The number of hydrogen-bond donors (Lipinski definition) is 2. The fourth-order valence-corrected chi connectivity index (χ4v) is 3.11. The van der Waals surface area contributed by atoms with Crippen LogP contribution in [-0.2, 0) is 13.0 Å². The molecule has 1 amide bonds. The molecule has 0 fully saturated rings. The van der Waals surface area contributed by atoms with E-state index in [1.54, 1.807) is 7.05 Å². The van der Waals surface area contributed by atoms with Gasteiger partial charge in [-0.25, -0.2) is 4.79 Å². The third-order valence-electron chi connectivity index (χ3n) is 4.17. The standard InChI is InChI=1S/C19H19ClN2O2/c1-12-3-5-14(17(20)7-12)8-13-4-6-16-15(10-21-18(16)9-13)11-22(2)19(23)24/h3-7,9-10,21H,8,11H2,1-2H3,(H,23,24). The molecule has 0 aliphatic carbocycles. The molecule has 0 aliphatic heterocycles. The molecule has 0 atom stereocenters. The predicted octanol–water partition coefficient (Wildman–Crippen LogP) is 4.83. The number of amides is 1. The Hall–Kier alpha value is -2.46. The van der Waals surface area contributed by atoms with Gasteiger partial charge in [-0.3, -0.25) is 0 Å². The van der Waals surface area contributed by atoms with Gasteiger partial charge in [0, 0.05) is 29.2 Å².